The van der Waals surface area contributed by atoms with Crippen molar-refractivity contribution in [3.05, 3.63) is 11.6 Å². The van der Waals surface area contributed by atoms with Crippen LogP contribution in [0.2, 0.25) is 0 Å². The maximum atomic E-state index is 10.1. The first-order valence-corrected chi connectivity index (χ1v) is 4.90. The number of hydrogen-bond donors (Lipinski definition) is 0. The summed E-state index contributed by atoms with van der Waals surface area (Å²) in [6.45, 7) is 5.68. The molecule has 3 aliphatic carbocycles. The van der Waals surface area contributed by atoms with Crippen molar-refractivity contribution in [2.45, 2.75) is 26.7 Å². The molecule has 0 aromatic carbocycles. The molecule has 0 amide bonds. The Labute approximate surface area is 79.0 Å². The largest absolute Gasteiger partial charge is 0.463 e. The summed E-state index contributed by atoms with van der Waals surface area (Å²) in [4.78, 5) is 10.1. The Bertz CT molecular complexity index is 253. The molecule has 0 heterocycles. The van der Waals surface area contributed by atoms with Crippen LogP contribution in [0.5, 0.6) is 0 Å². The van der Waals surface area contributed by atoms with Crippen LogP contribution in [-0.4, -0.2) is 13.1 Å². The molecule has 3 aliphatic rings. The van der Waals surface area contributed by atoms with Crippen molar-refractivity contribution in [3.63, 3.8) is 0 Å². The van der Waals surface area contributed by atoms with Gasteiger partial charge in [-0.2, -0.15) is 0 Å². The lowest BCUT2D eigenvalue weighted by molar-refractivity contribution is -0.128. The third-order valence-electron chi connectivity index (χ3n) is 3.90. The number of hydrogen-bond acceptors (Lipinski definition) is 2. The molecular weight excluding hydrogens is 164 g/mol. The summed E-state index contributed by atoms with van der Waals surface area (Å²) in [5, 5.41) is 0. The summed E-state index contributed by atoms with van der Waals surface area (Å²) >= 11 is 0. The minimum Gasteiger partial charge on any atom is -0.463 e. The van der Waals surface area contributed by atoms with Gasteiger partial charge >= 0.3 is 0 Å². The Morgan fingerprint density at radius 1 is 1.69 bits per heavy atom. The van der Waals surface area contributed by atoms with Crippen LogP contribution in [0.3, 0.4) is 0 Å². The molecule has 0 aromatic heterocycles. The molecule has 3 rings (SSSR count). The standard InChI is InChI=1S/C11H16O2/c1-11(2)9-4-3-8(6-13-7-12)10(11)5-9/h3,7,9-10H,4-6H2,1-2H3/t9-,10-/m0/s1. The molecule has 2 nitrogen and oxygen atoms in total. The highest BCUT2D eigenvalue weighted by Crippen LogP contribution is 2.59. The fourth-order valence-corrected chi connectivity index (χ4v) is 2.77. The molecule has 0 aromatic rings. The van der Waals surface area contributed by atoms with Crippen LogP contribution in [0.15, 0.2) is 11.6 Å². The molecule has 13 heavy (non-hydrogen) atoms. The Hall–Kier alpha value is -0.790. The summed E-state index contributed by atoms with van der Waals surface area (Å²) < 4.78 is 4.81. The SMILES string of the molecule is CC1(C)[C@H]2CC=C(COC=O)[C@@H]1C2. The second-order valence-electron chi connectivity index (χ2n) is 4.73. The van der Waals surface area contributed by atoms with Gasteiger partial charge in [-0.25, -0.2) is 0 Å². The maximum Gasteiger partial charge on any atom is 0.293 e. The van der Waals surface area contributed by atoms with Gasteiger partial charge in [-0.3, -0.25) is 4.79 Å². The normalized spacial score (nSPS) is 34.5. The van der Waals surface area contributed by atoms with Crippen LogP contribution in [0.4, 0.5) is 0 Å². The maximum absolute atomic E-state index is 10.1. The van der Waals surface area contributed by atoms with Crippen molar-refractivity contribution >= 4 is 6.47 Å². The number of ether oxygens (including phenoxy) is 1. The average molecular weight is 180 g/mol. The van der Waals surface area contributed by atoms with Crippen molar-refractivity contribution < 1.29 is 9.53 Å². The molecule has 1 saturated carbocycles. The van der Waals surface area contributed by atoms with Gasteiger partial charge in [0.15, 0.2) is 0 Å². The highest BCUT2D eigenvalue weighted by atomic mass is 16.5. The summed E-state index contributed by atoms with van der Waals surface area (Å²) in [6.07, 6.45) is 4.72. The van der Waals surface area contributed by atoms with Gasteiger partial charge in [0.25, 0.3) is 6.47 Å². The van der Waals surface area contributed by atoms with E-state index in [4.69, 9.17) is 4.74 Å². The van der Waals surface area contributed by atoms with Gasteiger partial charge in [-0.15, -0.1) is 0 Å². The van der Waals surface area contributed by atoms with Crippen LogP contribution in [0.25, 0.3) is 0 Å². The highest BCUT2D eigenvalue weighted by Gasteiger charge is 2.51. The fraction of sp³-hybridized carbons (Fsp3) is 0.727. The molecule has 1 fully saturated rings. The molecule has 72 valence electrons. The summed E-state index contributed by atoms with van der Waals surface area (Å²) in [7, 11) is 0. The highest BCUT2D eigenvalue weighted by molar-refractivity contribution is 5.38. The van der Waals surface area contributed by atoms with Gasteiger partial charge < -0.3 is 4.74 Å². The Kier molecular flexibility index (Phi) is 1.94. The molecule has 0 spiro atoms. The van der Waals surface area contributed by atoms with Gasteiger partial charge in [-0.05, 0) is 35.7 Å². The molecule has 2 heteroatoms. The first-order chi connectivity index (χ1) is 6.16. The van der Waals surface area contributed by atoms with Crippen LogP contribution >= 0.6 is 0 Å². The number of rotatable bonds is 3. The number of carbonyl (C=O) groups excluding carboxylic acids is 1. The first-order valence-electron chi connectivity index (χ1n) is 4.90. The van der Waals surface area contributed by atoms with Crippen LogP contribution in [0, 0.1) is 17.3 Å². The van der Waals surface area contributed by atoms with Gasteiger partial charge in [0.05, 0.1) is 0 Å². The second kappa shape index (κ2) is 2.86. The van der Waals surface area contributed by atoms with Crippen molar-refractivity contribution in [2.24, 2.45) is 17.3 Å². The number of carbonyl (C=O) groups is 1. The molecule has 0 radical (unpaired) electrons. The van der Waals surface area contributed by atoms with Crippen LogP contribution in [0.1, 0.15) is 26.7 Å². The number of fused-ring (bicyclic) bond motifs is 1. The minimum atomic E-state index is 0.441. The van der Waals surface area contributed by atoms with Crippen molar-refractivity contribution in [1.82, 2.24) is 0 Å². The lowest BCUT2D eigenvalue weighted by Gasteiger charge is -2.56. The minimum absolute atomic E-state index is 0.441. The van der Waals surface area contributed by atoms with E-state index >= 15 is 0 Å². The molecule has 0 aliphatic heterocycles. The van der Waals surface area contributed by atoms with E-state index in [2.05, 4.69) is 19.9 Å². The van der Waals surface area contributed by atoms with Gasteiger partial charge in [0, 0.05) is 0 Å². The van der Waals surface area contributed by atoms with E-state index < -0.39 is 0 Å². The quantitative estimate of drug-likeness (QED) is 0.491. The average Bonchev–Trinajstić information content (AvgIpc) is 2.14. The molecule has 2 bridgehead atoms. The predicted octanol–water partition coefficient (Wildman–Crippen LogP) is 2.15. The lowest BCUT2D eigenvalue weighted by Crippen LogP contribution is -2.48. The van der Waals surface area contributed by atoms with E-state index in [1.165, 1.54) is 18.4 Å². The zero-order chi connectivity index (χ0) is 9.47. The third-order valence-corrected chi connectivity index (χ3v) is 3.90. The van der Waals surface area contributed by atoms with Gasteiger partial charge in [-0.1, -0.05) is 19.9 Å². The molecule has 2 atom stereocenters. The summed E-state index contributed by atoms with van der Waals surface area (Å²) in [5.41, 5.74) is 1.77. The zero-order valence-electron chi connectivity index (χ0n) is 8.25. The van der Waals surface area contributed by atoms with E-state index in [1.54, 1.807) is 0 Å². The van der Waals surface area contributed by atoms with E-state index in [0.717, 1.165) is 5.92 Å². The van der Waals surface area contributed by atoms with Gasteiger partial charge in [0.1, 0.15) is 6.61 Å². The third kappa shape index (κ3) is 1.19. The van der Waals surface area contributed by atoms with Crippen molar-refractivity contribution in [2.75, 3.05) is 6.61 Å². The molecule has 0 N–H and O–H groups in total. The van der Waals surface area contributed by atoms with E-state index in [1.807, 2.05) is 0 Å². The topological polar surface area (TPSA) is 26.3 Å². The van der Waals surface area contributed by atoms with E-state index in [-0.39, 0.29) is 0 Å². The molecule has 0 unspecified atom stereocenters. The van der Waals surface area contributed by atoms with Crippen molar-refractivity contribution in [1.29, 1.82) is 0 Å². The smallest absolute Gasteiger partial charge is 0.293 e. The Balaban J connectivity index is 2.05. The van der Waals surface area contributed by atoms with E-state index in [9.17, 15) is 4.79 Å². The van der Waals surface area contributed by atoms with Crippen LogP contribution in [-0.2, 0) is 9.53 Å². The summed E-state index contributed by atoms with van der Waals surface area (Å²) in [6, 6.07) is 0. The lowest BCUT2D eigenvalue weighted by atomic mass is 9.49. The molecular formula is C11H16O2. The monoisotopic (exact) mass is 180 g/mol. The second-order valence-corrected chi connectivity index (χ2v) is 4.73. The van der Waals surface area contributed by atoms with Crippen LogP contribution < -0.4 is 0 Å². The zero-order valence-corrected chi connectivity index (χ0v) is 8.25. The fourth-order valence-electron chi connectivity index (χ4n) is 2.77. The van der Waals surface area contributed by atoms with E-state index in [0.29, 0.717) is 24.4 Å². The Morgan fingerprint density at radius 2 is 2.46 bits per heavy atom. The predicted molar refractivity (Wildman–Crippen MR) is 50.1 cm³/mol. The first kappa shape index (κ1) is 8.79. The summed E-state index contributed by atoms with van der Waals surface area (Å²) in [5.74, 6) is 1.52. The van der Waals surface area contributed by atoms with Crippen molar-refractivity contribution in [3.8, 4) is 0 Å². The number of allylic oxidation sites excluding steroid dienone is 1. The van der Waals surface area contributed by atoms with Gasteiger partial charge in [0.2, 0.25) is 0 Å². The Morgan fingerprint density at radius 3 is 3.00 bits per heavy atom. The molecule has 0 saturated heterocycles.